The van der Waals surface area contributed by atoms with Crippen LogP contribution in [0, 0.1) is 5.82 Å². The molecule has 90 valence electrons. The summed E-state index contributed by atoms with van der Waals surface area (Å²) in [4.78, 5) is 4.47. The van der Waals surface area contributed by atoms with Crippen molar-refractivity contribution in [2.75, 3.05) is 6.61 Å². The summed E-state index contributed by atoms with van der Waals surface area (Å²) in [6, 6.07) is 2.99. The van der Waals surface area contributed by atoms with E-state index in [1.54, 1.807) is 6.07 Å². The van der Waals surface area contributed by atoms with Gasteiger partial charge in [-0.1, -0.05) is 0 Å². The van der Waals surface area contributed by atoms with Crippen LogP contribution < -0.4 is 10.5 Å². The van der Waals surface area contributed by atoms with Crippen LogP contribution in [0.1, 0.15) is 31.8 Å². The van der Waals surface area contributed by atoms with Crippen LogP contribution in [0.3, 0.4) is 0 Å². The molecule has 1 aliphatic rings. The molecule has 2 heterocycles. The number of halogens is 1. The van der Waals surface area contributed by atoms with Crippen molar-refractivity contribution in [1.82, 2.24) is 9.55 Å². The third-order valence-corrected chi connectivity index (χ3v) is 3.10. The molecule has 2 unspecified atom stereocenters. The summed E-state index contributed by atoms with van der Waals surface area (Å²) in [6.07, 6.45) is 0. The van der Waals surface area contributed by atoms with Crippen LogP contribution in [-0.2, 0) is 0 Å². The molecule has 1 aromatic carbocycles. The van der Waals surface area contributed by atoms with Gasteiger partial charge in [0, 0.05) is 0 Å². The van der Waals surface area contributed by atoms with Gasteiger partial charge in [-0.3, -0.25) is 0 Å². The molecule has 0 saturated carbocycles. The molecule has 0 radical (unpaired) electrons. The Morgan fingerprint density at radius 1 is 1.59 bits per heavy atom. The predicted octanol–water partition coefficient (Wildman–Crippen LogP) is 2.15. The van der Waals surface area contributed by atoms with Gasteiger partial charge in [-0.25, -0.2) is 9.37 Å². The molecule has 0 fully saturated rings. The van der Waals surface area contributed by atoms with Gasteiger partial charge < -0.3 is 15.0 Å². The normalized spacial score (nSPS) is 20.4. The lowest BCUT2D eigenvalue weighted by atomic mass is 10.2. The summed E-state index contributed by atoms with van der Waals surface area (Å²) in [5, 5.41) is 0. The minimum Gasteiger partial charge on any atom is -0.486 e. The molecule has 0 spiro atoms. The number of nitrogens with two attached hydrogens (primary N) is 1. The van der Waals surface area contributed by atoms with Crippen LogP contribution in [0.15, 0.2) is 12.1 Å². The smallest absolute Gasteiger partial charge is 0.180 e. The highest BCUT2D eigenvalue weighted by atomic mass is 19.1. The van der Waals surface area contributed by atoms with Gasteiger partial charge >= 0.3 is 0 Å². The van der Waals surface area contributed by atoms with Crippen LogP contribution >= 0.6 is 0 Å². The molecule has 2 atom stereocenters. The van der Waals surface area contributed by atoms with E-state index in [1.807, 2.05) is 18.4 Å². The lowest BCUT2D eigenvalue weighted by Gasteiger charge is -2.25. The van der Waals surface area contributed by atoms with E-state index in [1.165, 1.54) is 6.07 Å². The molecule has 0 saturated heterocycles. The summed E-state index contributed by atoms with van der Waals surface area (Å²) in [7, 11) is 0. The number of hydrogen-bond acceptors (Lipinski definition) is 3. The standard InChI is InChI=1S/C12H14FN3O/c1-6-5-17-11-8(13)3-4-9-10(11)16(6)12(15-9)7(2)14/h3-4,6-7H,5,14H2,1-2H3. The van der Waals surface area contributed by atoms with Gasteiger partial charge in [0.25, 0.3) is 0 Å². The van der Waals surface area contributed by atoms with Crippen molar-refractivity contribution < 1.29 is 9.13 Å². The number of benzene rings is 1. The van der Waals surface area contributed by atoms with Gasteiger partial charge in [0.05, 0.1) is 17.6 Å². The van der Waals surface area contributed by atoms with Gasteiger partial charge in [0.1, 0.15) is 17.9 Å². The summed E-state index contributed by atoms with van der Waals surface area (Å²) in [6.45, 7) is 4.34. The number of aromatic nitrogens is 2. The zero-order chi connectivity index (χ0) is 12.2. The Kier molecular flexibility index (Phi) is 2.13. The van der Waals surface area contributed by atoms with Crippen LogP contribution in [0.5, 0.6) is 5.75 Å². The summed E-state index contributed by atoms with van der Waals surface area (Å²) in [5.41, 5.74) is 7.37. The molecule has 2 aromatic rings. The average Bonchev–Trinajstić information content (AvgIpc) is 2.67. The van der Waals surface area contributed by atoms with Gasteiger partial charge in [-0.05, 0) is 26.0 Å². The summed E-state index contributed by atoms with van der Waals surface area (Å²) < 4.78 is 21.1. The van der Waals surface area contributed by atoms with Crippen LogP contribution in [0.4, 0.5) is 4.39 Å². The molecule has 2 N–H and O–H groups in total. The Hall–Kier alpha value is -1.62. The summed E-state index contributed by atoms with van der Waals surface area (Å²) >= 11 is 0. The molecule has 5 heteroatoms. The number of ether oxygens (including phenoxy) is 1. The fraction of sp³-hybridized carbons (Fsp3) is 0.417. The van der Waals surface area contributed by atoms with Crippen molar-refractivity contribution in [1.29, 1.82) is 0 Å². The minimum atomic E-state index is -0.346. The SMILES string of the molecule is CC(N)c1nc2ccc(F)c3c2n1C(C)CO3. The maximum absolute atomic E-state index is 13.7. The molecule has 17 heavy (non-hydrogen) atoms. The van der Waals surface area contributed by atoms with E-state index in [2.05, 4.69) is 4.98 Å². The molecule has 4 nitrogen and oxygen atoms in total. The molecule has 1 aromatic heterocycles. The van der Waals surface area contributed by atoms with E-state index in [0.717, 1.165) is 16.9 Å². The number of imidazole rings is 1. The maximum Gasteiger partial charge on any atom is 0.180 e. The zero-order valence-corrected chi connectivity index (χ0v) is 9.77. The number of nitrogens with zero attached hydrogens (tertiary/aromatic N) is 2. The Labute approximate surface area is 98.2 Å². The quantitative estimate of drug-likeness (QED) is 0.824. The van der Waals surface area contributed by atoms with Crippen LogP contribution in [0.25, 0.3) is 11.0 Å². The molecule has 0 bridgehead atoms. The van der Waals surface area contributed by atoms with E-state index in [-0.39, 0.29) is 17.9 Å². The molecule has 1 aliphatic heterocycles. The van der Waals surface area contributed by atoms with E-state index in [0.29, 0.717) is 12.4 Å². The number of rotatable bonds is 1. The van der Waals surface area contributed by atoms with Crippen molar-refractivity contribution in [3.05, 3.63) is 23.8 Å². The second-order valence-corrected chi connectivity index (χ2v) is 4.53. The molecule has 0 aliphatic carbocycles. The van der Waals surface area contributed by atoms with Gasteiger partial charge in [-0.2, -0.15) is 0 Å². The van der Waals surface area contributed by atoms with Crippen molar-refractivity contribution >= 4 is 11.0 Å². The lowest BCUT2D eigenvalue weighted by molar-refractivity contribution is 0.234. The van der Waals surface area contributed by atoms with Crippen molar-refractivity contribution in [2.24, 2.45) is 5.73 Å². The second-order valence-electron chi connectivity index (χ2n) is 4.53. The fourth-order valence-electron chi connectivity index (χ4n) is 2.33. The average molecular weight is 235 g/mol. The monoisotopic (exact) mass is 235 g/mol. The topological polar surface area (TPSA) is 53.1 Å². The van der Waals surface area contributed by atoms with Gasteiger partial charge in [0.2, 0.25) is 0 Å². The van der Waals surface area contributed by atoms with Gasteiger partial charge in [0.15, 0.2) is 11.6 Å². The Morgan fingerprint density at radius 3 is 3.06 bits per heavy atom. The lowest BCUT2D eigenvalue weighted by Crippen LogP contribution is -2.24. The van der Waals surface area contributed by atoms with Crippen LogP contribution in [-0.4, -0.2) is 16.2 Å². The Balaban J connectivity index is 2.42. The molecule has 3 rings (SSSR count). The molecular weight excluding hydrogens is 221 g/mol. The minimum absolute atomic E-state index is 0.121. The largest absolute Gasteiger partial charge is 0.486 e. The Bertz CT molecular complexity index is 591. The first-order valence-electron chi connectivity index (χ1n) is 5.68. The number of hydrogen-bond donors (Lipinski definition) is 1. The second kappa shape index (κ2) is 3.43. The van der Waals surface area contributed by atoms with E-state index in [4.69, 9.17) is 10.5 Å². The fourth-order valence-corrected chi connectivity index (χ4v) is 2.33. The highest BCUT2D eigenvalue weighted by molar-refractivity contribution is 5.83. The highest BCUT2D eigenvalue weighted by Gasteiger charge is 2.27. The van der Waals surface area contributed by atoms with Crippen molar-refractivity contribution in [2.45, 2.75) is 25.9 Å². The van der Waals surface area contributed by atoms with E-state index >= 15 is 0 Å². The highest BCUT2D eigenvalue weighted by Crippen LogP contribution is 2.36. The predicted molar refractivity (Wildman–Crippen MR) is 62.5 cm³/mol. The van der Waals surface area contributed by atoms with E-state index < -0.39 is 0 Å². The van der Waals surface area contributed by atoms with Gasteiger partial charge in [-0.15, -0.1) is 0 Å². The Morgan fingerprint density at radius 2 is 2.35 bits per heavy atom. The first-order valence-corrected chi connectivity index (χ1v) is 5.68. The van der Waals surface area contributed by atoms with Crippen LogP contribution in [0.2, 0.25) is 0 Å². The third-order valence-electron chi connectivity index (χ3n) is 3.10. The summed E-state index contributed by atoms with van der Waals surface area (Å²) in [5.74, 6) is 0.726. The first-order chi connectivity index (χ1) is 8.09. The molecular formula is C12H14FN3O. The molecule has 0 amide bonds. The van der Waals surface area contributed by atoms with Crippen molar-refractivity contribution in [3.63, 3.8) is 0 Å². The van der Waals surface area contributed by atoms with Crippen molar-refractivity contribution in [3.8, 4) is 5.75 Å². The van der Waals surface area contributed by atoms with E-state index in [9.17, 15) is 4.39 Å². The first kappa shape index (κ1) is 10.5. The zero-order valence-electron chi connectivity index (χ0n) is 9.77. The maximum atomic E-state index is 13.7. The third kappa shape index (κ3) is 1.35.